The molecule has 1 aliphatic carbocycles. The van der Waals surface area contributed by atoms with E-state index in [4.69, 9.17) is 0 Å². The topological polar surface area (TPSA) is 12.0 Å². The summed E-state index contributed by atoms with van der Waals surface area (Å²) in [4.78, 5) is 0. The quantitative estimate of drug-likeness (QED) is 0.451. The first-order chi connectivity index (χ1) is 14.2. The van der Waals surface area contributed by atoms with E-state index in [1.54, 1.807) is 6.07 Å². The van der Waals surface area contributed by atoms with Crippen LogP contribution < -0.4 is 5.32 Å². The lowest BCUT2D eigenvalue weighted by molar-refractivity contribution is 0.443. The second-order valence-corrected chi connectivity index (χ2v) is 8.16. The highest BCUT2D eigenvalue weighted by molar-refractivity contribution is 5.72. The Morgan fingerprint density at radius 2 is 1.45 bits per heavy atom. The Hall–Kier alpha value is -2.61. The van der Waals surface area contributed by atoms with Crippen LogP contribution in [0.25, 0.3) is 22.3 Å². The molecule has 150 valence electrons. The number of nitrogens with one attached hydrogen (secondary N) is 1. The summed E-state index contributed by atoms with van der Waals surface area (Å²) in [6.07, 6.45) is 7.74. The lowest BCUT2D eigenvalue weighted by Crippen LogP contribution is -2.04. The smallest absolute Gasteiger partial charge is 0.131 e. The zero-order valence-electron chi connectivity index (χ0n) is 17.3. The van der Waals surface area contributed by atoms with Crippen LogP contribution in [0.2, 0.25) is 0 Å². The van der Waals surface area contributed by atoms with Crippen LogP contribution in [0.4, 0.5) is 10.1 Å². The molecule has 0 saturated heterocycles. The molecule has 0 unspecified atom stereocenters. The van der Waals surface area contributed by atoms with Crippen molar-refractivity contribution in [3.8, 4) is 22.3 Å². The highest BCUT2D eigenvalue weighted by Crippen LogP contribution is 2.34. The van der Waals surface area contributed by atoms with Crippen molar-refractivity contribution in [2.75, 3.05) is 11.9 Å². The fourth-order valence-corrected chi connectivity index (χ4v) is 4.35. The van der Waals surface area contributed by atoms with E-state index in [1.807, 2.05) is 36.4 Å². The van der Waals surface area contributed by atoms with E-state index in [0.717, 1.165) is 35.3 Å². The maximum atomic E-state index is 14.9. The predicted molar refractivity (Wildman–Crippen MR) is 122 cm³/mol. The van der Waals surface area contributed by atoms with E-state index in [9.17, 15) is 4.39 Å². The van der Waals surface area contributed by atoms with Crippen molar-refractivity contribution in [1.82, 2.24) is 0 Å². The molecule has 0 heterocycles. The molecule has 3 aromatic carbocycles. The van der Waals surface area contributed by atoms with Gasteiger partial charge in [-0.15, -0.1) is 0 Å². The number of halogens is 1. The summed E-state index contributed by atoms with van der Waals surface area (Å²) >= 11 is 0. The van der Waals surface area contributed by atoms with Gasteiger partial charge in [0.2, 0.25) is 0 Å². The minimum absolute atomic E-state index is 0.173. The molecule has 1 fully saturated rings. The average Bonchev–Trinajstić information content (AvgIpc) is 2.79. The van der Waals surface area contributed by atoms with E-state index >= 15 is 0 Å². The lowest BCUT2D eigenvalue weighted by Gasteiger charge is -2.22. The predicted octanol–water partition coefficient (Wildman–Crippen LogP) is 8.03. The highest BCUT2D eigenvalue weighted by Gasteiger charge is 2.15. The Labute approximate surface area is 174 Å². The fraction of sp³-hybridized carbons (Fsp3) is 0.333. The van der Waals surface area contributed by atoms with E-state index in [-0.39, 0.29) is 5.82 Å². The van der Waals surface area contributed by atoms with Crippen LogP contribution in [0, 0.1) is 5.82 Å². The fourth-order valence-electron chi connectivity index (χ4n) is 4.35. The summed E-state index contributed by atoms with van der Waals surface area (Å²) in [5.41, 5.74) is 6.07. The van der Waals surface area contributed by atoms with Crippen LogP contribution in [-0.2, 0) is 0 Å². The van der Waals surface area contributed by atoms with Crippen LogP contribution in [0.15, 0.2) is 66.7 Å². The Kier molecular flexibility index (Phi) is 6.29. The third-order valence-electron chi connectivity index (χ3n) is 6.06. The zero-order chi connectivity index (χ0) is 20.1. The van der Waals surface area contributed by atoms with Gasteiger partial charge in [0.05, 0.1) is 0 Å². The monoisotopic (exact) mass is 387 g/mol. The van der Waals surface area contributed by atoms with Gasteiger partial charge >= 0.3 is 0 Å². The van der Waals surface area contributed by atoms with Crippen LogP contribution in [0.5, 0.6) is 0 Å². The molecule has 1 nitrogen and oxygen atoms in total. The van der Waals surface area contributed by atoms with Crippen LogP contribution in [0.3, 0.4) is 0 Å². The van der Waals surface area contributed by atoms with Crippen molar-refractivity contribution in [2.24, 2.45) is 0 Å². The van der Waals surface area contributed by atoms with Gasteiger partial charge in [-0.3, -0.25) is 0 Å². The normalized spacial score (nSPS) is 14.7. The zero-order valence-corrected chi connectivity index (χ0v) is 17.3. The van der Waals surface area contributed by atoms with E-state index in [0.29, 0.717) is 11.5 Å². The molecule has 4 rings (SSSR count). The van der Waals surface area contributed by atoms with Gasteiger partial charge in [0, 0.05) is 17.8 Å². The van der Waals surface area contributed by atoms with Gasteiger partial charge in [-0.1, -0.05) is 74.7 Å². The summed E-state index contributed by atoms with van der Waals surface area (Å²) in [6, 6.07) is 22.3. The van der Waals surface area contributed by atoms with Crippen molar-refractivity contribution in [3.05, 3.63) is 78.1 Å². The molecule has 0 aromatic heterocycles. The molecule has 0 radical (unpaired) electrons. The molecule has 3 aromatic rings. The maximum absolute atomic E-state index is 14.9. The van der Waals surface area contributed by atoms with Gasteiger partial charge < -0.3 is 5.32 Å². The summed E-state index contributed by atoms with van der Waals surface area (Å²) in [6.45, 7) is 3.09. The number of hydrogen-bond acceptors (Lipinski definition) is 1. The average molecular weight is 388 g/mol. The first-order valence-electron chi connectivity index (χ1n) is 11.0. The first kappa shape index (κ1) is 19.7. The minimum atomic E-state index is -0.173. The van der Waals surface area contributed by atoms with Crippen LogP contribution in [-0.4, -0.2) is 6.54 Å². The molecule has 0 amide bonds. The summed E-state index contributed by atoms with van der Waals surface area (Å²) in [7, 11) is 0. The molecule has 1 N–H and O–H groups in total. The van der Waals surface area contributed by atoms with Crippen molar-refractivity contribution in [2.45, 2.75) is 51.4 Å². The summed E-state index contributed by atoms with van der Waals surface area (Å²) in [5.74, 6) is 0.528. The third-order valence-corrected chi connectivity index (χ3v) is 6.06. The van der Waals surface area contributed by atoms with E-state index in [1.165, 1.54) is 37.7 Å². The number of hydrogen-bond donors (Lipinski definition) is 1. The van der Waals surface area contributed by atoms with Gasteiger partial charge in [-0.05, 0) is 65.6 Å². The Bertz CT molecular complexity index is 922. The minimum Gasteiger partial charge on any atom is -0.385 e. The standard InChI is InChI=1S/C27H30FN/c1-2-18-29-25-15-12-23(13-16-25)26-17-14-24(19-27(26)28)22-10-8-21(9-11-22)20-6-4-3-5-7-20/h8-17,19-20,29H,2-7,18H2,1H3. The van der Waals surface area contributed by atoms with E-state index in [2.05, 4.69) is 36.5 Å². The number of anilines is 1. The van der Waals surface area contributed by atoms with Crippen LogP contribution >= 0.6 is 0 Å². The molecular formula is C27H30FN. The van der Waals surface area contributed by atoms with Crippen molar-refractivity contribution < 1.29 is 4.39 Å². The second kappa shape index (κ2) is 9.26. The highest BCUT2D eigenvalue weighted by atomic mass is 19.1. The van der Waals surface area contributed by atoms with Crippen molar-refractivity contribution in [3.63, 3.8) is 0 Å². The SMILES string of the molecule is CCCNc1ccc(-c2ccc(-c3ccc(C4CCCCC4)cc3)cc2F)cc1. The van der Waals surface area contributed by atoms with Gasteiger partial charge in [0.25, 0.3) is 0 Å². The van der Waals surface area contributed by atoms with Crippen molar-refractivity contribution >= 4 is 5.69 Å². The molecule has 1 aliphatic rings. The van der Waals surface area contributed by atoms with Crippen molar-refractivity contribution in [1.29, 1.82) is 0 Å². The Balaban J connectivity index is 1.51. The molecule has 0 atom stereocenters. The molecule has 1 saturated carbocycles. The summed E-state index contributed by atoms with van der Waals surface area (Å²) in [5, 5.41) is 3.35. The molecule has 0 spiro atoms. The lowest BCUT2D eigenvalue weighted by atomic mass is 9.83. The van der Waals surface area contributed by atoms with Gasteiger partial charge in [0.1, 0.15) is 5.82 Å². The molecule has 0 aliphatic heterocycles. The molecular weight excluding hydrogens is 357 g/mol. The van der Waals surface area contributed by atoms with Gasteiger partial charge in [-0.2, -0.15) is 0 Å². The maximum Gasteiger partial charge on any atom is 0.131 e. The van der Waals surface area contributed by atoms with Gasteiger partial charge in [0.15, 0.2) is 0 Å². The van der Waals surface area contributed by atoms with E-state index < -0.39 is 0 Å². The molecule has 0 bridgehead atoms. The summed E-state index contributed by atoms with van der Waals surface area (Å²) < 4.78 is 14.9. The second-order valence-electron chi connectivity index (χ2n) is 8.16. The van der Waals surface area contributed by atoms with Crippen LogP contribution in [0.1, 0.15) is 56.9 Å². The Morgan fingerprint density at radius 3 is 2.10 bits per heavy atom. The van der Waals surface area contributed by atoms with Gasteiger partial charge in [-0.25, -0.2) is 4.39 Å². The number of rotatable bonds is 6. The Morgan fingerprint density at radius 1 is 0.793 bits per heavy atom. The largest absolute Gasteiger partial charge is 0.385 e. The number of benzene rings is 3. The molecule has 29 heavy (non-hydrogen) atoms. The molecule has 2 heteroatoms. The third kappa shape index (κ3) is 4.70. The first-order valence-corrected chi connectivity index (χ1v) is 11.0.